The van der Waals surface area contributed by atoms with E-state index in [-0.39, 0.29) is 19.1 Å². The fourth-order valence-corrected chi connectivity index (χ4v) is 5.67. The van der Waals surface area contributed by atoms with E-state index in [4.69, 9.17) is 9.05 Å². The van der Waals surface area contributed by atoms with Crippen LogP contribution in [-0.4, -0.2) is 73.4 Å². The summed E-state index contributed by atoms with van der Waals surface area (Å²) in [5, 5.41) is 13.6. The number of nitrogens with one attached hydrogen (secondary N) is 1. The molecule has 0 radical (unpaired) electrons. The topological polar surface area (TPSA) is 105 Å². The molecule has 0 aliphatic carbocycles. The lowest BCUT2D eigenvalue weighted by atomic mass is 10.0. The van der Waals surface area contributed by atoms with E-state index in [9.17, 15) is 19.4 Å². The largest absolute Gasteiger partial charge is 0.472 e. The molecule has 0 aromatic carbocycles. The third-order valence-electron chi connectivity index (χ3n) is 7.92. The van der Waals surface area contributed by atoms with Crippen molar-refractivity contribution in [3.8, 4) is 0 Å². The summed E-state index contributed by atoms with van der Waals surface area (Å²) in [5.41, 5.74) is 0. The average Bonchev–Trinajstić information content (AvgIpc) is 2.97. The Morgan fingerprint density at radius 3 is 1.78 bits per heavy atom. The highest BCUT2D eigenvalue weighted by Crippen LogP contribution is 2.43. The summed E-state index contributed by atoms with van der Waals surface area (Å²) in [6.45, 7) is 4.64. The lowest BCUT2D eigenvalue weighted by Crippen LogP contribution is -2.45. The maximum atomic E-state index is 12.5. The van der Waals surface area contributed by atoms with E-state index in [0.29, 0.717) is 17.4 Å². The van der Waals surface area contributed by atoms with Crippen LogP contribution in [0.25, 0.3) is 0 Å². The molecular weight excluding hydrogens is 587 g/mol. The molecule has 0 spiro atoms. The van der Waals surface area contributed by atoms with Crippen molar-refractivity contribution in [2.24, 2.45) is 0 Å². The Balaban J connectivity index is 4.34. The van der Waals surface area contributed by atoms with Gasteiger partial charge in [-0.05, 0) is 32.1 Å². The van der Waals surface area contributed by atoms with Crippen LogP contribution in [0.4, 0.5) is 0 Å². The molecule has 0 aromatic heterocycles. The summed E-state index contributed by atoms with van der Waals surface area (Å²) in [6.07, 6.45) is 31.6. The van der Waals surface area contributed by atoms with Crippen molar-refractivity contribution >= 4 is 13.7 Å². The number of hydrogen-bond donors (Lipinski definition) is 3. The Morgan fingerprint density at radius 2 is 1.22 bits per heavy atom. The normalized spacial score (nSPS) is 15.1. The molecule has 0 aromatic rings. The van der Waals surface area contributed by atoms with Gasteiger partial charge in [-0.15, -0.1) is 0 Å². The van der Waals surface area contributed by atoms with Crippen LogP contribution in [0.5, 0.6) is 0 Å². The minimum absolute atomic E-state index is 0.0566. The van der Waals surface area contributed by atoms with Gasteiger partial charge in [0.1, 0.15) is 13.2 Å². The first-order valence-electron chi connectivity index (χ1n) is 18.2. The Hall–Kier alpha value is -1.02. The molecule has 0 aliphatic rings. The fraction of sp³-hybridized carbons (Fsp3) is 0.861. The van der Waals surface area contributed by atoms with Gasteiger partial charge in [-0.25, -0.2) is 4.57 Å². The number of unbranched alkanes of at least 4 members (excludes halogenated alkanes) is 17. The molecule has 0 bridgehead atoms. The van der Waals surface area contributed by atoms with Crippen LogP contribution in [0.1, 0.15) is 149 Å². The van der Waals surface area contributed by atoms with Crippen LogP contribution in [0, 0.1) is 0 Å². The fourth-order valence-electron chi connectivity index (χ4n) is 4.94. The summed E-state index contributed by atoms with van der Waals surface area (Å²) in [6, 6.07) is -0.853. The zero-order chi connectivity index (χ0) is 33.7. The quantitative estimate of drug-likeness (QED) is 0.0288. The molecule has 3 unspecified atom stereocenters. The number of aliphatic hydroxyl groups excluding tert-OH is 1. The molecule has 9 heteroatoms. The van der Waals surface area contributed by atoms with Crippen molar-refractivity contribution in [1.29, 1.82) is 0 Å². The van der Waals surface area contributed by atoms with Crippen LogP contribution in [0.2, 0.25) is 0 Å². The maximum Gasteiger partial charge on any atom is 0.472 e. The average molecular weight is 660 g/mol. The number of rotatable bonds is 32. The third kappa shape index (κ3) is 31.4. The number of aliphatic hydroxyl groups is 1. The van der Waals surface area contributed by atoms with Gasteiger partial charge in [-0.3, -0.25) is 13.8 Å². The van der Waals surface area contributed by atoms with Crippen molar-refractivity contribution in [2.75, 3.05) is 40.9 Å². The number of amides is 1. The molecule has 3 N–H and O–H groups in total. The number of hydrogen-bond acceptors (Lipinski definition) is 5. The van der Waals surface area contributed by atoms with Gasteiger partial charge in [0.15, 0.2) is 0 Å². The highest BCUT2D eigenvalue weighted by atomic mass is 31.2. The number of carbonyl (C=O) groups excluding carboxylic acids is 1. The summed E-state index contributed by atoms with van der Waals surface area (Å²) in [4.78, 5) is 22.6. The van der Waals surface area contributed by atoms with Gasteiger partial charge in [0.05, 0.1) is 39.9 Å². The van der Waals surface area contributed by atoms with Crippen LogP contribution in [-0.2, 0) is 18.4 Å². The second kappa shape index (κ2) is 29.1. The highest BCUT2D eigenvalue weighted by Gasteiger charge is 2.27. The number of phosphoric ester groups is 1. The molecule has 266 valence electrons. The smallest absolute Gasteiger partial charge is 0.387 e. The van der Waals surface area contributed by atoms with Gasteiger partial charge in [-0.1, -0.05) is 134 Å². The molecule has 0 fully saturated rings. The van der Waals surface area contributed by atoms with Gasteiger partial charge in [0, 0.05) is 6.42 Å². The molecule has 1 amide bonds. The van der Waals surface area contributed by atoms with Gasteiger partial charge >= 0.3 is 7.82 Å². The minimum Gasteiger partial charge on any atom is -0.387 e. The molecular formula is C36H72N2O6P+. The second-order valence-electron chi connectivity index (χ2n) is 13.6. The molecule has 0 rings (SSSR count). The summed E-state index contributed by atoms with van der Waals surface area (Å²) in [5.74, 6) is -0.207. The van der Waals surface area contributed by atoms with Crippen molar-refractivity contribution in [2.45, 2.75) is 161 Å². The SMILES string of the molecule is CCCCCCCCCCCCCCC/C=C/CC/C=C/C(O)C(COP(=O)(O)OCC[N+](C)(C)C)NC(=O)CCCCCC. The number of carbonyl (C=O) groups is 1. The van der Waals surface area contributed by atoms with E-state index in [1.165, 1.54) is 83.5 Å². The van der Waals surface area contributed by atoms with Crippen molar-refractivity contribution < 1.29 is 32.9 Å². The van der Waals surface area contributed by atoms with E-state index in [2.05, 4.69) is 31.3 Å². The maximum absolute atomic E-state index is 12.5. The van der Waals surface area contributed by atoms with E-state index >= 15 is 0 Å². The highest BCUT2D eigenvalue weighted by molar-refractivity contribution is 7.47. The van der Waals surface area contributed by atoms with Crippen molar-refractivity contribution in [1.82, 2.24) is 5.32 Å². The zero-order valence-electron chi connectivity index (χ0n) is 29.9. The Morgan fingerprint density at radius 1 is 0.733 bits per heavy atom. The number of quaternary nitrogens is 1. The Kier molecular flexibility index (Phi) is 28.5. The number of phosphoric acid groups is 1. The second-order valence-corrected chi connectivity index (χ2v) is 15.0. The van der Waals surface area contributed by atoms with Crippen molar-refractivity contribution in [3.05, 3.63) is 24.3 Å². The first-order valence-corrected chi connectivity index (χ1v) is 19.7. The Bertz CT molecular complexity index is 799. The van der Waals surface area contributed by atoms with E-state index in [0.717, 1.165) is 44.9 Å². The summed E-state index contributed by atoms with van der Waals surface area (Å²) >= 11 is 0. The first-order chi connectivity index (χ1) is 21.5. The predicted octanol–water partition coefficient (Wildman–Crippen LogP) is 9.02. The lowest BCUT2D eigenvalue weighted by Gasteiger charge is -2.25. The van der Waals surface area contributed by atoms with E-state index in [1.54, 1.807) is 6.08 Å². The zero-order valence-corrected chi connectivity index (χ0v) is 30.8. The van der Waals surface area contributed by atoms with Gasteiger partial charge in [0.25, 0.3) is 0 Å². The molecule has 8 nitrogen and oxygen atoms in total. The van der Waals surface area contributed by atoms with Crippen LogP contribution in [0.15, 0.2) is 24.3 Å². The molecule has 3 atom stereocenters. The predicted molar refractivity (Wildman–Crippen MR) is 189 cm³/mol. The summed E-state index contributed by atoms with van der Waals surface area (Å²) < 4.78 is 23.2. The van der Waals surface area contributed by atoms with Gasteiger partial charge in [-0.2, -0.15) is 0 Å². The molecule has 0 aliphatic heterocycles. The standard InChI is InChI=1S/C36H71N2O6P/c1-6-8-10-12-13-14-15-16-17-18-19-20-21-22-23-24-25-26-27-29-35(39)34(37-36(40)30-28-11-9-7-2)33-44-45(41,42)43-32-31-38(3,4)5/h23-24,27,29,34-35,39H,6-22,25-26,28,30-33H2,1-5H3,(H-,37,40,41,42)/p+1/b24-23+,29-27+. The van der Waals surface area contributed by atoms with Crippen LogP contribution < -0.4 is 5.32 Å². The van der Waals surface area contributed by atoms with E-state index in [1.807, 2.05) is 27.2 Å². The Labute approximate surface area is 277 Å². The minimum atomic E-state index is -4.32. The molecule has 0 saturated heterocycles. The number of nitrogens with zero attached hydrogens (tertiary/aromatic N) is 1. The van der Waals surface area contributed by atoms with Gasteiger partial charge in [0.2, 0.25) is 5.91 Å². The molecule has 0 heterocycles. The molecule has 45 heavy (non-hydrogen) atoms. The van der Waals surface area contributed by atoms with Crippen LogP contribution >= 0.6 is 7.82 Å². The molecule has 0 saturated carbocycles. The number of allylic oxidation sites excluding steroid dienone is 3. The third-order valence-corrected chi connectivity index (χ3v) is 8.91. The van der Waals surface area contributed by atoms with Gasteiger partial charge < -0.3 is 19.8 Å². The monoisotopic (exact) mass is 660 g/mol. The lowest BCUT2D eigenvalue weighted by molar-refractivity contribution is -0.870. The van der Waals surface area contributed by atoms with Crippen molar-refractivity contribution in [3.63, 3.8) is 0 Å². The summed E-state index contributed by atoms with van der Waals surface area (Å²) in [7, 11) is 1.55. The van der Waals surface area contributed by atoms with E-state index < -0.39 is 20.0 Å². The number of likely N-dealkylation sites (N-methyl/N-ethyl adjacent to an activating group) is 1. The first kappa shape index (κ1) is 44.0. The van der Waals surface area contributed by atoms with Crippen LogP contribution in [0.3, 0.4) is 0 Å².